The van der Waals surface area contributed by atoms with Crippen molar-refractivity contribution in [3.8, 4) is 23.7 Å². The largest absolute Gasteiger partial charge is 0.507 e. The first-order valence-corrected chi connectivity index (χ1v) is 4.51. The van der Waals surface area contributed by atoms with Crippen molar-refractivity contribution in [3.05, 3.63) is 39.8 Å². The fourth-order valence-electron chi connectivity index (χ4n) is 1.01. The second-order valence-electron chi connectivity index (χ2n) is 2.85. The third-order valence-electron chi connectivity index (χ3n) is 1.75. The predicted molar refractivity (Wildman–Crippen MR) is 58.3 cm³/mol. The molecule has 0 aliphatic carbocycles. The molecule has 1 N–H and O–H groups in total. The Bertz CT molecular complexity index is 527. The predicted octanol–water partition coefficient (Wildman–Crippen LogP) is 2.32. The zero-order chi connectivity index (χ0) is 11.8. The average Bonchev–Trinajstić information content (AvgIpc) is 2.31. The number of benzene rings is 1. The molecular weight excluding hydrogens is 204 g/mol. The Morgan fingerprint density at radius 1 is 1.50 bits per heavy atom. The molecule has 0 radical (unpaired) electrons. The van der Waals surface area contributed by atoms with Crippen LogP contribution in [0, 0.1) is 23.2 Å². The molecule has 0 atom stereocenters. The van der Waals surface area contributed by atoms with Crippen LogP contribution < -0.4 is 0 Å². The summed E-state index contributed by atoms with van der Waals surface area (Å²) in [5.41, 5.74) is 8.87. The Kier molecular flexibility index (Phi) is 4.28. The van der Waals surface area contributed by atoms with E-state index in [1.807, 2.05) is 6.07 Å². The molecule has 5 nitrogen and oxygen atoms in total. The molecule has 5 heteroatoms. The number of aromatic hydroxyl groups is 1. The number of rotatable bonds is 2. The summed E-state index contributed by atoms with van der Waals surface area (Å²) < 4.78 is 0. The highest BCUT2D eigenvalue weighted by molar-refractivity contribution is 5.49. The second-order valence-corrected chi connectivity index (χ2v) is 2.85. The second kappa shape index (κ2) is 5.98. The summed E-state index contributed by atoms with van der Waals surface area (Å²) >= 11 is 0. The van der Waals surface area contributed by atoms with Crippen LogP contribution in [0.25, 0.3) is 10.4 Å². The van der Waals surface area contributed by atoms with Gasteiger partial charge in [0.05, 0.1) is 17.2 Å². The number of nitrogens with zero attached hydrogens (tertiary/aromatic N) is 4. The van der Waals surface area contributed by atoms with E-state index < -0.39 is 0 Å². The smallest absolute Gasteiger partial charge is 0.131 e. The van der Waals surface area contributed by atoms with Gasteiger partial charge in [0.25, 0.3) is 0 Å². The molecule has 0 fully saturated rings. The first-order valence-electron chi connectivity index (χ1n) is 4.51. The molecule has 1 rings (SSSR count). The lowest BCUT2D eigenvalue weighted by molar-refractivity contribution is 0.473. The molecule has 1 aromatic carbocycles. The van der Waals surface area contributed by atoms with E-state index in [9.17, 15) is 5.11 Å². The molecule has 0 aliphatic rings. The highest BCUT2D eigenvalue weighted by Gasteiger charge is 1.98. The van der Waals surface area contributed by atoms with Gasteiger partial charge in [0.2, 0.25) is 0 Å². The van der Waals surface area contributed by atoms with Crippen LogP contribution in [0.4, 0.5) is 0 Å². The highest BCUT2D eigenvalue weighted by atomic mass is 16.3. The van der Waals surface area contributed by atoms with Gasteiger partial charge in [-0.05, 0) is 23.7 Å². The fourth-order valence-corrected chi connectivity index (χ4v) is 1.01. The normalized spacial score (nSPS) is 8.19. The summed E-state index contributed by atoms with van der Waals surface area (Å²) in [5.74, 6) is 5.49. The SMILES string of the molecule is N#Cc1ccc(O)c(C#CCCN=[N+]=[N-])c1. The van der Waals surface area contributed by atoms with E-state index in [2.05, 4.69) is 21.9 Å². The van der Waals surface area contributed by atoms with Gasteiger partial charge in [-0.1, -0.05) is 17.0 Å². The Balaban J connectivity index is 2.80. The number of hydrogen-bond acceptors (Lipinski definition) is 3. The van der Waals surface area contributed by atoms with Gasteiger partial charge in [0.15, 0.2) is 0 Å². The zero-order valence-electron chi connectivity index (χ0n) is 8.38. The summed E-state index contributed by atoms with van der Waals surface area (Å²) in [6.07, 6.45) is 0.417. The Morgan fingerprint density at radius 2 is 2.31 bits per heavy atom. The molecule has 0 spiro atoms. The minimum atomic E-state index is 0.0373. The quantitative estimate of drug-likeness (QED) is 0.268. The lowest BCUT2D eigenvalue weighted by atomic mass is 10.1. The van der Waals surface area contributed by atoms with Crippen molar-refractivity contribution < 1.29 is 5.11 Å². The molecule has 78 valence electrons. The van der Waals surface area contributed by atoms with Crippen molar-refractivity contribution in [2.45, 2.75) is 6.42 Å². The molecule has 0 unspecified atom stereocenters. The van der Waals surface area contributed by atoms with Crippen molar-refractivity contribution in [1.82, 2.24) is 0 Å². The standard InChI is InChI=1S/C11H8N4O/c12-8-9-4-5-11(16)10(7-9)3-1-2-6-14-15-13/h4-5,7,16H,2,6H2. The zero-order valence-corrected chi connectivity index (χ0v) is 8.38. The molecule has 0 saturated carbocycles. The van der Waals surface area contributed by atoms with Gasteiger partial charge in [-0.3, -0.25) is 0 Å². The van der Waals surface area contributed by atoms with Crippen LogP contribution in [0.5, 0.6) is 5.75 Å². The maximum atomic E-state index is 9.44. The van der Waals surface area contributed by atoms with Crippen LogP contribution >= 0.6 is 0 Å². The topological polar surface area (TPSA) is 92.8 Å². The van der Waals surface area contributed by atoms with Crippen molar-refractivity contribution >= 4 is 0 Å². The minimum Gasteiger partial charge on any atom is -0.507 e. The van der Waals surface area contributed by atoms with E-state index in [0.717, 1.165) is 0 Å². The first kappa shape index (κ1) is 11.5. The van der Waals surface area contributed by atoms with Crippen molar-refractivity contribution in [2.75, 3.05) is 6.54 Å². The molecule has 16 heavy (non-hydrogen) atoms. The van der Waals surface area contributed by atoms with Gasteiger partial charge in [0, 0.05) is 17.9 Å². The van der Waals surface area contributed by atoms with Crippen LogP contribution in [0.1, 0.15) is 17.5 Å². The van der Waals surface area contributed by atoms with E-state index in [-0.39, 0.29) is 5.75 Å². The third-order valence-corrected chi connectivity index (χ3v) is 1.75. The van der Waals surface area contributed by atoms with Gasteiger partial charge >= 0.3 is 0 Å². The monoisotopic (exact) mass is 212 g/mol. The molecule has 0 amide bonds. The Morgan fingerprint density at radius 3 is 3.00 bits per heavy atom. The van der Waals surface area contributed by atoms with E-state index >= 15 is 0 Å². The van der Waals surface area contributed by atoms with E-state index in [1.165, 1.54) is 18.2 Å². The van der Waals surface area contributed by atoms with Crippen LogP contribution in [0.15, 0.2) is 23.3 Å². The summed E-state index contributed by atoms with van der Waals surface area (Å²) in [6, 6.07) is 6.41. The third kappa shape index (κ3) is 3.26. The van der Waals surface area contributed by atoms with Crippen LogP contribution in [-0.2, 0) is 0 Å². The lowest BCUT2D eigenvalue weighted by Gasteiger charge is -1.96. The molecular formula is C11H8N4O. The number of hydrogen-bond donors (Lipinski definition) is 1. The molecule has 1 aromatic rings. The number of phenols is 1. The van der Waals surface area contributed by atoms with Crippen LogP contribution in [0.3, 0.4) is 0 Å². The summed E-state index contributed by atoms with van der Waals surface area (Å²) in [6.45, 7) is 0.294. The van der Waals surface area contributed by atoms with E-state index in [0.29, 0.717) is 24.1 Å². The van der Waals surface area contributed by atoms with Gasteiger partial charge in [-0.15, -0.1) is 0 Å². The van der Waals surface area contributed by atoms with Crippen molar-refractivity contribution in [1.29, 1.82) is 5.26 Å². The van der Waals surface area contributed by atoms with Crippen LogP contribution in [-0.4, -0.2) is 11.7 Å². The number of nitriles is 1. The first-order chi connectivity index (χ1) is 7.77. The molecule has 0 aliphatic heterocycles. The molecule has 0 saturated heterocycles. The van der Waals surface area contributed by atoms with Gasteiger partial charge in [-0.25, -0.2) is 0 Å². The van der Waals surface area contributed by atoms with Crippen molar-refractivity contribution in [2.24, 2.45) is 5.11 Å². The van der Waals surface area contributed by atoms with E-state index in [1.54, 1.807) is 0 Å². The molecule has 0 bridgehead atoms. The van der Waals surface area contributed by atoms with Gasteiger partial charge < -0.3 is 5.11 Å². The number of azide groups is 1. The summed E-state index contributed by atoms with van der Waals surface area (Å²) in [7, 11) is 0. The fraction of sp³-hybridized carbons (Fsp3) is 0.182. The Labute approximate surface area is 92.6 Å². The number of phenolic OH excluding ortho intramolecular Hbond substituents is 1. The van der Waals surface area contributed by atoms with E-state index in [4.69, 9.17) is 10.8 Å². The summed E-state index contributed by atoms with van der Waals surface area (Å²) in [4.78, 5) is 2.59. The highest BCUT2D eigenvalue weighted by Crippen LogP contribution is 2.16. The lowest BCUT2D eigenvalue weighted by Crippen LogP contribution is -1.81. The maximum Gasteiger partial charge on any atom is 0.131 e. The molecule has 0 aromatic heterocycles. The van der Waals surface area contributed by atoms with Gasteiger partial charge in [-0.2, -0.15) is 5.26 Å². The molecule has 0 heterocycles. The van der Waals surface area contributed by atoms with Crippen LogP contribution in [0.2, 0.25) is 0 Å². The average molecular weight is 212 g/mol. The Hall–Kier alpha value is -2.62. The van der Waals surface area contributed by atoms with Gasteiger partial charge in [0.1, 0.15) is 5.75 Å². The maximum absolute atomic E-state index is 9.44. The summed E-state index contributed by atoms with van der Waals surface area (Å²) in [5, 5.41) is 21.4. The van der Waals surface area contributed by atoms with Crippen molar-refractivity contribution in [3.63, 3.8) is 0 Å². The minimum absolute atomic E-state index is 0.0373.